The second kappa shape index (κ2) is 7.97. The van der Waals surface area contributed by atoms with E-state index in [0.717, 1.165) is 0 Å². The standard InChI is InChI=1S/C14H18N2O7/c1-8(2)13(14(18)19)15-12(17)7-23-9-4-5-10(16(20)21)11(6-9)22-3/h4-6,8,13H,7H2,1-3H3,(H,15,17)(H,18,19). The van der Waals surface area contributed by atoms with Gasteiger partial charge in [-0.3, -0.25) is 14.9 Å². The SMILES string of the molecule is COc1cc(OCC(=O)NC(C(=O)O)C(C)C)ccc1[N+](=O)[O-]. The summed E-state index contributed by atoms with van der Waals surface area (Å²) in [6, 6.07) is 2.78. The number of hydrogen-bond acceptors (Lipinski definition) is 6. The molecule has 1 rings (SSSR count). The van der Waals surface area contributed by atoms with Crippen molar-refractivity contribution in [2.75, 3.05) is 13.7 Å². The zero-order valence-corrected chi connectivity index (χ0v) is 12.9. The molecule has 9 nitrogen and oxygen atoms in total. The Labute approximate surface area is 132 Å². The summed E-state index contributed by atoms with van der Waals surface area (Å²) in [6.45, 7) is 2.92. The predicted molar refractivity (Wildman–Crippen MR) is 79.5 cm³/mol. The molecule has 0 fully saturated rings. The molecule has 1 atom stereocenters. The van der Waals surface area contributed by atoms with Crippen LogP contribution in [0, 0.1) is 16.0 Å². The summed E-state index contributed by atoms with van der Waals surface area (Å²) < 4.78 is 10.1. The van der Waals surface area contributed by atoms with Crippen LogP contribution >= 0.6 is 0 Å². The molecule has 0 bridgehead atoms. The quantitative estimate of drug-likeness (QED) is 0.542. The molecule has 0 radical (unpaired) electrons. The Balaban J connectivity index is 2.69. The molecule has 1 aromatic rings. The van der Waals surface area contributed by atoms with Gasteiger partial charge in [-0.2, -0.15) is 0 Å². The lowest BCUT2D eigenvalue weighted by atomic mass is 10.1. The summed E-state index contributed by atoms with van der Waals surface area (Å²) in [5, 5.41) is 22.1. The fourth-order valence-electron chi connectivity index (χ4n) is 1.78. The monoisotopic (exact) mass is 326 g/mol. The van der Waals surface area contributed by atoms with Crippen LogP contribution in [0.5, 0.6) is 11.5 Å². The first-order chi connectivity index (χ1) is 10.8. The molecule has 1 unspecified atom stereocenters. The summed E-state index contributed by atoms with van der Waals surface area (Å²) in [6.07, 6.45) is 0. The average Bonchev–Trinajstić information content (AvgIpc) is 2.49. The Kier molecular flexibility index (Phi) is 6.31. The summed E-state index contributed by atoms with van der Waals surface area (Å²) in [7, 11) is 1.28. The normalized spacial score (nSPS) is 11.7. The van der Waals surface area contributed by atoms with Crippen LogP contribution in [0.25, 0.3) is 0 Å². The van der Waals surface area contributed by atoms with E-state index in [1.165, 1.54) is 25.3 Å². The maximum atomic E-state index is 11.7. The number of nitro benzene ring substituents is 1. The minimum atomic E-state index is -1.13. The zero-order valence-electron chi connectivity index (χ0n) is 12.9. The largest absolute Gasteiger partial charge is 0.490 e. The number of carboxylic acid groups (broad SMARTS) is 1. The number of aliphatic carboxylic acids is 1. The first-order valence-corrected chi connectivity index (χ1v) is 6.73. The second-order valence-corrected chi connectivity index (χ2v) is 5.01. The van der Waals surface area contributed by atoms with Gasteiger partial charge < -0.3 is 19.9 Å². The van der Waals surface area contributed by atoms with Crippen molar-refractivity contribution < 1.29 is 29.1 Å². The molecule has 0 aromatic heterocycles. The Morgan fingerprint density at radius 3 is 2.52 bits per heavy atom. The van der Waals surface area contributed by atoms with Crippen molar-refractivity contribution in [2.45, 2.75) is 19.9 Å². The fraction of sp³-hybridized carbons (Fsp3) is 0.429. The topological polar surface area (TPSA) is 128 Å². The van der Waals surface area contributed by atoms with Crippen LogP contribution in [0.15, 0.2) is 18.2 Å². The highest BCUT2D eigenvalue weighted by Gasteiger charge is 2.23. The maximum absolute atomic E-state index is 11.7. The molecule has 0 heterocycles. The number of carbonyl (C=O) groups excluding carboxylic acids is 1. The molecule has 1 aromatic carbocycles. The number of nitrogens with one attached hydrogen (secondary N) is 1. The van der Waals surface area contributed by atoms with Gasteiger partial charge in [-0.15, -0.1) is 0 Å². The van der Waals surface area contributed by atoms with Gasteiger partial charge in [-0.25, -0.2) is 4.79 Å². The number of nitrogens with zero attached hydrogens (tertiary/aromatic N) is 1. The third-order valence-electron chi connectivity index (χ3n) is 2.97. The van der Waals surface area contributed by atoms with Gasteiger partial charge in [0.25, 0.3) is 5.91 Å². The first-order valence-electron chi connectivity index (χ1n) is 6.73. The first kappa shape index (κ1) is 18.2. The molecule has 0 spiro atoms. The summed E-state index contributed by atoms with van der Waals surface area (Å²) in [5.74, 6) is -1.83. The number of carbonyl (C=O) groups is 2. The predicted octanol–water partition coefficient (Wildman–Crippen LogP) is 1.21. The Bertz CT molecular complexity index is 601. The molecule has 2 N–H and O–H groups in total. The second-order valence-electron chi connectivity index (χ2n) is 5.01. The van der Waals surface area contributed by atoms with Gasteiger partial charge in [0, 0.05) is 12.1 Å². The number of carboxylic acids is 1. The number of benzene rings is 1. The van der Waals surface area contributed by atoms with E-state index in [1.54, 1.807) is 13.8 Å². The van der Waals surface area contributed by atoms with Gasteiger partial charge in [0.15, 0.2) is 6.61 Å². The third kappa shape index (κ3) is 5.13. The molecule has 126 valence electrons. The molecular formula is C14H18N2O7. The molecule has 0 saturated carbocycles. The van der Waals surface area contributed by atoms with Gasteiger partial charge in [0.1, 0.15) is 11.8 Å². The lowest BCUT2D eigenvalue weighted by Gasteiger charge is -2.18. The van der Waals surface area contributed by atoms with Crippen LogP contribution in [-0.4, -0.2) is 41.7 Å². The van der Waals surface area contributed by atoms with Crippen molar-refractivity contribution in [3.05, 3.63) is 28.3 Å². The van der Waals surface area contributed by atoms with Crippen molar-refractivity contribution in [1.82, 2.24) is 5.32 Å². The van der Waals surface area contributed by atoms with E-state index in [1.807, 2.05) is 0 Å². The van der Waals surface area contributed by atoms with Crippen molar-refractivity contribution in [1.29, 1.82) is 0 Å². The van der Waals surface area contributed by atoms with Crippen LogP contribution in [0.1, 0.15) is 13.8 Å². The molecule has 1 amide bonds. The summed E-state index contributed by atoms with van der Waals surface area (Å²) in [4.78, 5) is 32.9. The van der Waals surface area contributed by atoms with E-state index >= 15 is 0 Å². The van der Waals surface area contributed by atoms with E-state index in [2.05, 4.69) is 5.32 Å². The lowest BCUT2D eigenvalue weighted by Crippen LogP contribution is -2.46. The van der Waals surface area contributed by atoms with E-state index in [9.17, 15) is 19.7 Å². The minimum absolute atomic E-state index is 0.00139. The van der Waals surface area contributed by atoms with E-state index in [-0.39, 0.29) is 23.1 Å². The third-order valence-corrected chi connectivity index (χ3v) is 2.97. The zero-order chi connectivity index (χ0) is 17.6. The number of rotatable bonds is 8. The Morgan fingerprint density at radius 2 is 2.04 bits per heavy atom. The number of hydrogen-bond donors (Lipinski definition) is 2. The van der Waals surface area contributed by atoms with Crippen LogP contribution in [0.2, 0.25) is 0 Å². The van der Waals surface area contributed by atoms with Crippen LogP contribution in [0.4, 0.5) is 5.69 Å². The van der Waals surface area contributed by atoms with Crippen molar-refractivity contribution in [3.63, 3.8) is 0 Å². The van der Waals surface area contributed by atoms with Gasteiger partial charge in [-0.05, 0) is 12.0 Å². The molecule has 0 aliphatic heterocycles. The number of nitro groups is 1. The highest BCUT2D eigenvalue weighted by molar-refractivity contribution is 5.84. The van der Waals surface area contributed by atoms with Gasteiger partial charge >= 0.3 is 11.7 Å². The van der Waals surface area contributed by atoms with Crippen molar-refractivity contribution in [2.24, 2.45) is 5.92 Å². The molecule has 23 heavy (non-hydrogen) atoms. The highest BCUT2D eigenvalue weighted by Crippen LogP contribution is 2.30. The van der Waals surface area contributed by atoms with Crippen LogP contribution in [0.3, 0.4) is 0 Å². The molecule has 0 aliphatic rings. The Hall–Kier alpha value is -2.84. The highest BCUT2D eigenvalue weighted by atomic mass is 16.6. The van der Waals surface area contributed by atoms with E-state index < -0.39 is 29.4 Å². The smallest absolute Gasteiger partial charge is 0.326 e. The van der Waals surface area contributed by atoms with Gasteiger partial charge in [0.2, 0.25) is 5.75 Å². The van der Waals surface area contributed by atoms with Crippen molar-refractivity contribution in [3.8, 4) is 11.5 Å². The molecule has 0 saturated heterocycles. The number of methoxy groups -OCH3 is 1. The van der Waals surface area contributed by atoms with Gasteiger partial charge in [0.05, 0.1) is 12.0 Å². The summed E-state index contributed by atoms with van der Waals surface area (Å²) in [5.41, 5.74) is -0.227. The summed E-state index contributed by atoms with van der Waals surface area (Å²) >= 11 is 0. The van der Waals surface area contributed by atoms with Gasteiger partial charge in [-0.1, -0.05) is 13.8 Å². The van der Waals surface area contributed by atoms with Crippen LogP contribution < -0.4 is 14.8 Å². The van der Waals surface area contributed by atoms with E-state index in [0.29, 0.717) is 0 Å². The van der Waals surface area contributed by atoms with Crippen molar-refractivity contribution >= 4 is 17.6 Å². The number of ether oxygens (including phenoxy) is 2. The molecule has 0 aliphatic carbocycles. The maximum Gasteiger partial charge on any atom is 0.326 e. The fourth-order valence-corrected chi connectivity index (χ4v) is 1.78. The molecule has 9 heteroatoms. The van der Waals surface area contributed by atoms with E-state index in [4.69, 9.17) is 14.6 Å². The lowest BCUT2D eigenvalue weighted by molar-refractivity contribution is -0.385. The van der Waals surface area contributed by atoms with Crippen LogP contribution in [-0.2, 0) is 9.59 Å². The Morgan fingerprint density at radius 1 is 1.39 bits per heavy atom. The average molecular weight is 326 g/mol. The minimum Gasteiger partial charge on any atom is -0.490 e. The number of amides is 1. The molecular weight excluding hydrogens is 308 g/mol.